The van der Waals surface area contributed by atoms with Crippen LogP contribution in [0.3, 0.4) is 0 Å². The van der Waals surface area contributed by atoms with Gasteiger partial charge in [-0.25, -0.2) is 0 Å². The maximum absolute atomic E-state index is 5.84. The Morgan fingerprint density at radius 2 is 2.00 bits per heavy atom. The van der Waals surface area contributed by atoms with Crippen molar-refractivity contribution in [3.05, 3.63) is 53.6 Å². The van der Waals surface area contributed by atoms with E-state index in [1.54, 1.807) is 7.11 Å². The van der Waals surface area contributed by atoms with Gasteiger partial charge in [-0.05, 0) is 37.0 Å². The minimum absolute atomic E-state index is 0.742. The molecule has 21 heavy (non-hydrogen) atoms. The van der Waals surface area contributed by atoms with Crippen LogP contribution in [-0.4, -0.2) is 13.7 Å². The van der Waals surface area contributed by atoms with Crippen LogP contribution in [0.4, 0.5) is 11.4 Å². The number of nitrogens with two attached hydrogens (primary N) is 1. The molecule has 110 valence electrons. The molecule has 0 spiro atoms. The van der Waals surface area contributed by atoms with Crippen molar-refractivity contribution in [1.82, 2.24) is 0 Å². The number of rotatable bonds is 3. The van der Waals surface area contributed by atoms with Crippen LogP contribution in [0.15, 0.2) is 42.5 Å². The van der Waals surface area contributed by atoms with E-state index >= 15 is 0 Å². The molecule has 3 rings (SSSR count). The van der Waals surface area contributed by atoms with Crippen molar-refractivity contribution < 1.29 is 4.74 Å². The molecule has 0 aromatic heterocycles. The molecule has 2 N–H and O–H groups in total. The lowest BCUT2D eigenvalue weighted by Crippen LogP contribution is -2.23. The summed E-state index contributed by atoms with van der Waals surface area (Å²) < 4.78 is 5.48. The van der Waals surface area contributed by atoms with Crippen molar-refractivity contribution in [2.24, 2.45) is 0 Å². The second kappa shape index (κ2) is 6.08. The van der Waals surface area contributed by atoms with Crippen LogP contribution in [0.25, 0.3) is 0 Å². The van der Waals surface area contributed by atoms with Gasteiger partial charge in [-0.3, -0.25) is 0 Å². The van der Waals surface area contributed by atoms with Gasteiger partial charge in [0, 0.05) is 36.1 Å². The van der Waals surface area contributed by atoms with E-state index < -0.39 is 0 Å². The van der Waals surface area contributed by atoms with Gasteiger partial charge in [0.05, 0.1) is 7.11 Å². The minimum atomic E-state index is 0.742. The van der Waals surface area contributed by atoms with E-state index in [-0.39, 0.29) is 0 Å². The Hall–Kier alpha value is -2.16. The zero-order valence-corrected chi connectivity index (χ0v) is 12.5. The third-order valence-corrected chi connectivity index (χ3v) is 4.13. The molecule has 0 amide bonds. The second-order valence-corrected chi connectivity index (χ2v) is 5.58. The average molecular weight is 282 g/mol. The Kier molecular flexibility index (Phi) is 4.00. The molecule has 0 atom stereocenters. The standard InChI is InChI=1S/C18H22N2O/c1-21-18-12-16(19)10-9-15(18)13-20-11-5-4-7-14-6-2-3-8-17(14)20/h2-3,6,8-10,12H,4-5,7,11,13,19H2,1H3. The molecule has 0 fully saturated rings. The Labute approximate surface area is 126 Å². The molecule has 0 saturated heterocycles. The summed E-state index contributed by atoms with van der Waals surface area (Å²) in [5, 5.41) is 0. The van der Waals surface area contributed by atoms with E-state index in [0.29, 0.717) is 0 Å². The summed E-state index contributed by atoms with van der Waals surface area (Å²) in [6.07, 6.45) is 3.66. The van der Waals surface area contributed by atoms with Crippen LogP contribution in [-0.2, 0) is 13.0 Å². The Bertz CT molecular complexity index is 624. The molecule has 0 saturated carbocycles. The van der Waals surface area contributed by atoms with Gasteiger partial charge in [0.2, 0.25) is 0 Å². The summed E-state index contributed by atoms with van der Waals surface area (Å²) in [7, 11) is 1.70. The molecule has 0 bridgehead atoms. The van der Waals surface area contributed by atoms with Crippen molar-refractivity contribution in [2.45, 2.75) is 25.8 Å². The summed E-state index contributed by atoms with van der Waals surface area (Å²) in [5.41, 5.74) is 10.6. The van der Waals surface area contributed by atoms with Gasteiger partial charge in [0.15, 0.2) is 0 Å². The van der Waals surface area contributed by atoms with Gasteiger partial charge in [0.25, 0.3) is 0 Å². The van der Waals surface area contributed by atoms with Gasteiger partial charge in [0.1, 0.15) is 5.75 Å². The predicted molar refractivity (Wildman–Crippen MR) is 87.8 cm³/mol. The number of hydrogen-bond donors (Lipinski definition) is 1. The number of benzene rings is 2. The topological polar surface area (TPSA) is 38.5 Å². The van der Waals surface area contributed by atoms with E-state index in [1.807, 2.05) is 12.1 Å². The number of hydrogen-bond acceptors (Lipinski definition) is 3. The number of methoxy groups -OCH3 is 1. The fourth-order valence-electron chi connectivity index (χ4n) is 3.03. The molecule has 1 aliphatic rings. The Balaban J connectivity index is 1.91. The molecular formula is C18H22N2O. The highest BCUT2D eigenvalue weighted by atomic mass is 16.5. The molecule has 3 nitrogen and oxygen atoms in total. The second-order valence-electron chi connectivity index (χ2n) is 5.58. The van der Waals surface area contributed by atoms with Crippen LogP contribution >= 0.6 is 0 Å². The lowest BCUT2D eigenvalue weighted by Gasteiger charge is -2.26. The monoisotopic (exact) mass is 282 g/mol. The van der Waals surface area contributed by atoms with Gasteiger partial charge in [-0.1, -0.05) is 24.3 Å². The molecule has 0 aliphatic carbocycles. The normalized spacial score (nSPS) is 14.4. The van der Waals surface area contributed by atoms with Gasteiger partial charge in [-0.2, -0.15) is 0 Å². The smallest absolute Gasteiger partial charge is 0.125 e. The van der Waals surface area contributed by atoms with Crippen molar-refractivity contribution in [3.63, 3.8) is 0 Å². The van der Waals surface area contributed by atoms with Gasteiger partial charge < -0.3 is 15.4 Å². The zero-order chi connectivity index (χ0) is 14.7. The summed E-state index contributed by atoms with van der Waals surface area (Å²) in [4.78, 5) is 2.45. The fraction of sp³-hybridized carbons (Fsp3) is 0.333. The van der Waals surface area contributed by atoms with E-state index in [4.69, 9.17) is 10.5 Å². The molecule has 2 aromatic rings. The van der Waals surface area contributed by atoms with Crippen LogP contribution in [0, 0.1) is 0 Å². The lowest BCUT2D eigenvalue weighted by molar-refractivity contribution is 0.409. The van der Waals surface area contributed by atoms with E-state index in [0.717, 1.165) is 24.5 Å². The number of fused-ring (bicyclic) bond motifs is 1. The predicted octanol–water partition coefficient (Wildman–Crippen LogP) is 3.62. The van der Waals surface area contributed by atoms with Crippen LogP contribution < -0.4 is 15.4 Å². The molecule has 1 aliphatic heterocycles. The van der Waals surface area contributed by atoms with Crippen molar-refractivity contribution in [1.29, 1.82) is 0 Å². The van der Waals surface area contributed by atoms with Crippen LogP contribution in [0.2, 0.25) is 0 Å². The van der Waals surface area contributed by atoms with E-state index in [9.17, 15) is 0 Å². The number of nitrogen functional groups attached to an aromatic ring is 1. The van der Waals surface area contributed by atoms with E-state index in [2.05, 4.69) is 35.2 Å². The maximum atomic E-state index is 5.84. The number of aryl methyl sites for hydroxylation is 1. The highest BCUT2D eigenvalue weighted by molar-refractivity contribution is 5.56. The van der Waals surface area contributed by atoms with Gasteiger partial charge >= 0.3 is 0 Å². The molecule has 0 unspecified atom stereocenters. The third kappa shape index (κ3) is 2.97. The van der Waals surface area contributed by atoms with E-state index in [1.165, 1.54) is 36.1 Å². The molecule has 0 radical (unpaired) electrons. The minimum Gasteiger partial charge on any atom is -0.496 e. The first kappa shape index (κ1) is 13.8. The number of nitrogens with zero attached hydrogens (tertiary/aromatic N) is 1. The number of anilines is 2. The SMILES string of the molecule is COc1cc(N)ccc1CN1CCCCc2ccccc21. The number of ether oxygens (including phenoxy) is 1. The Morgan fingerprint density at radius 1 is 1.14 bits per heavy atom. The molecule has 1 heterocycles. The van der Waals surface area contributed by atoms with Crippen molar-refractivity contribution >= 4 is 11.4 Å². The van der Waals surface area contributed by atoms with Crippen LogP contribution in [0.5, 0.6) is 5.75 Å². The highest BCUT2D eigenvalue weighted by Gasteiger charge is 2.16. The first-order valence-electron chi connectivity index (χ1n) is 7.53. The summed E-state index contributed by atoms with van der Waals surface area (Å²) in [5.74, 6) is 0.872. The quantitative estimate of drug-likeness (QED) is 0.874. The fourth-order valence-corrected chi connectivity index (χ4v) is 3.03. The first-order valence-corrected chi connectivity index (χ1v) is 7.53. The largest absolute Gasteiger partial charge is 0.496 e. The van der Waals surface area contributed by atoms with Gasteiger partial charge in [-0.15, -0.1) is 0 Å². The summed E-state index contributed by atoms with van der Waals surface area (Å²) in [6.45, 7) is 1.95. The summed E-state index contributed by atoms with van der Waals surface area (Å²) >= 11 is 0. The molecular weight excluding hydrogens is 260 g/mol. The first-order chi connectivity index (χ1) is 10.3. The van der Waals surface area contributed by atoms with Crippen molar-refractivity contribution in [2.75, 3.05) is 24.3 Å². The Morgan fingerprint density at radius 3 is 2.86 bits per heavy atom. The number of para-hydroxylation sites is 1. The molecule has 3 heteroatoms. The third-order valence-electron chi connectivity index (χ3n) is 4.13. The van der Waals surface area contributed by atoms with Crippen molar-refractivity contribution in [3.8, 4) is 5.75 Å². The summed E-state index contributed by atoms with van der Waals surface area (Å²) in [6, 6.07) is 14.6. The average Bonchev–Trinajstić information content (AvgIpc) is 2.71. The van der Waals surface area contributed by atoms with Crippen LogP contribution in [0.1, 0.15) is 24.0 Å². The highest BCUT2D eigenvalue weighted by Crippen LogP contribution is 2.30. The zero-order valence-electron chi connectivity index (χ0n) is 12.5. The molecule has 2 aromatic carbocycles. The lowest BCUT2D eigenvalue weighted by atomic mass is 10.1. The maximum Gasteiger partial charge on any atom is 0.125 e.